The van der Waals surface area contributed by atoms with Gasteiger partial charge in [-0.25, -0.2) is 0 Å². The van der Waals surface area contributed by atoms with Gasteiger partial charge in [0.1, 0.15) is 0 Å². The van der Waals surface area contributed by atoms with Crippen molar-refractivity contribution >= 4 is 34.4 Å². The average molecular weight is 305 g/mol. The molecule has 1 N–H and O–H groups in total. The maximum absolute atomic E-state index is 12.1. The Labute approximate surface area is 111 Å². The third kappa shape index (κ3) is 3.06. The lowest BCUT2D eigenvalue weighted by Crippen LogP contribution is -2.31. The van der Waals surface area contributed by atoms with Gasteiger partial charge in [-0.05, 0) is 38.1 Å². The van der Waals surface area contributed by atoms with Crippen molar-refractivity contribution in [2.75, 3.05) is 13.1 Å². The maximum atomic E-state index is 12.1. The molecule has 2 rings (SSSR count). The van der Waals surface area contributed by atoms with E-state index in [2.05, 4.69) is 5.32 Å². The first-order valence-electron chi connectivity index (χ1n) is 5.28. The summed E-state index contributed by atoms with van der Waals surface area (Å²) in [4.78, 5) is 12.1. The Hall–Kier alpha value is -0.380. The first kappa shape index (κ1) is 13.7. The molecule has 16 heavy (non-hydrogen) atoms. The fourth-order valence-electron chi connectivity index (χ4n) is 1.97. The zero-order valence-electron chi connectivity index (χ0n) is 8.91. The molecule has 1 aliphatic rings. The highest BCUT2D eigenvalue weighted by Crippen LogP contribution is 2.23. The molecular weight excluding hydrogens is 289 g/mol. The van der Waals surface area contributed by atoms with Gasteiger partial charge in [-0.3, -0.25) is 4.79 Å². The van der Waals surface area contributed by atoms with Crippen LogP contribution in [0.5, 0.6) is 0 Å². The second-order valence-electron chi connectivity index (χ2n) is 3.87. The summed E-state index contributed by atoms with van der Waals surface area (Å²) in [5, 5.41) is 3.82. The number of halogens is 2. The molecule has 0 radical (unpaired) electrons. The lowest BCUT2D eigenvalue weighted by Gasteiger charge is -2.21. The minimum Gasteiger partial charge on any atom is -0.317 e. The Kier molecular flexibility index (Phi) is 5.46. The second-order valence-corrected chi connectivity index (χ2v) is 4.28. The molecule has 0 aromatic heterocycles. The maximum Gasteiger partial charge on any atom is 0.167 e. The highest BCUT2D eigenvalue weighted by molar-refractivity contribution is 8.93. The third-order valence-corrected chi connectivity index (χ3v) is 3.18. The summed E-state index contributed by atoms with van der Waals surface area (Å²) in [6.45, 7) is 1.86. The van der Waals surface area contributed by atoms with Crippen molar-refractivity contribution in [2.45, 2.75) is 12.8 Å². The molecule has 0 saturated carbocycles. The SMILES string of the molecule is Br.O=C(c1ccccc1Cl)C1CCNCC1. The van der Waals surface area contributed by atoms with Crippen molar-refractivity contribution in [1.82, 2.24) is 5.32 Å². The number of hydrogen-bond acceptors (Lipinski definition) is 2. The van der Waals surface area contributed by atoms with Crippen LogP contribution in [0.2, 0.25) is 5.02 Å². The van der Waals surface area contributed by atoms with Crippen LogP contribution in [0.25, 0.3) is 0 Å². The van der Waals surface area contributed by atoms with E-state index < -0.39 is 0 Å². The molecule has 4 heteroatoms. The molecule has 0 aliphatic carbocycles. The van der Waals surface area contributed by atoms with Crippen molar-refractivity contribution in [3.63, 3.8) is 0 Å². The Morgan fingerprint density at radius 1 is 1.25 bits per heavy atom. The van der Waals surface area contributed by atoms with Crippen LogP contribution in [-0.4, -0.2) is 18.9 Å². The van der Waals surface area contributed by atoms with E-state index in [0.29, 0.717) is 10.6 Å². The molecule has 0 atom stereocenters. The number of piperidine rings is 1. The van der Waals surface area contributed by atoms with E-state index in [9.17, 15) is 4.79 Å². The van der Waals surface area contributed by atoms with Crippen LogP contribution in [0, 0.1) is 5.92 Å². The van der Waals surface area contributed by atoms with Gasteiger partial charge < -0.3 is 5.32 Å². The summed E-state index contributed by atoms with van der Waals surface area (Å²) in [6, 6.07) is 7.30. The predicted octanol–water partition coefficient (Wildman–Crippen LogP) is 3.10. The van der Waals surface area contributed by atoms with Gasteiger partial charge in [-0.2, -0.15) is 0 Å². The van der Waals surface area contributed by atoms with E-state index in [4.69, 9.17) is 11.6 Å². The molecule has 0 spiro atoms. The number of rotatable bonds is 2. The van der Waals surface area contributed by atoms with Gasteiger partial charge in [-0.15, -0.1) is 17.0 Å². The fraction of sp³-hybridized carbons (Fsp3) is 0.417. The van der Waals surface area contributed by atoms with Crippen LogP contribution >= 0.6 is 28.6 Å². The summed E-state index contributed by atoms with van der Waals surface area (Å²) in [5.41, 5.74) is 0.672. The van der Waals surface area contributed by atoms with Crippen molar-refractivity contribution in [3.8, 4) is 0 Å². The molecule has 1 heterocycles. The number of carbonyl (C=O) groups excluding carboxylic acids is 1. The van der Waals surface area contributed by atoms with Crippen LogP contribution < -0.4 is 5.32 Å². The molecule has 2 nitrogen and oxygen atoms in total. The number of benzene rings is 1. The van der Waals surface area contributed by atoms with E-state index in [1.165, 1.54) is 0 Å². The summed E-state index contributed by atoms with van der Waals surface area (Å²) < 4.78 is 0. The molecule has 1 saturated heterocycles. The fourth-order valence-corrected chi connectivity index (χ4v) is 2.19. The first-order valence-corrected chi connectivity index (χ1v) is 5.66. The zero-order chi connectivity index (χ0) is 10.7. The molecule has 1 aliphatic heterocycles. The third-order valence-electron chi connectivity index (χ3n) is 2.85. The number of ketones is 1. The summed E-state index contributed by atoms with van der Waals surface area (Å²) in [6.07, 6.45) is 1.84. The number of nitrogens with one attached hydrogen (secondary N) is 1. The highest BCUT2D eigenvalue weighted by Gasteiger charge is 2.23. The molecule has 1 fully saturated rings. The zero-order valence-corrected chi connectivity index (χ0v) is 11.4. The van der Waals surface area contributed by atoms with Crippen molar-refractivity contribution < 1.29 is 4.79 Å². The molecule has 0 unspecified atom stereocenters. The van der Waals surface area contributed by atoms with Crippen molar-refractivity contribution in [3.05, 3.63) is 34.9 Å². The van der Waals surface area contributed by atoms with Gasteiger partial charge >= 0.3 is 0 Å². The normalized spacial score (nSPS) is 16.6. The highest BCUT2D eigenvalue weighted by atomic mass is 79.9. The van der Waals surface area contributed by atoms with Crippen molar-refractivity contribution in [1.29, 1.82) is 0 Å². The van der Waals surface area contributed by atoms with Crippen molar-refractivity contribution in [2.24, 2.45) is 5.92 Å². The van der Waals surface area contributed by atoms with Crippen LogP contribution in [0.3, 0.4) is 0 Å². The molecule has 88 valence electrons. The molecule has 1 aromatic carbocycles. The van der Waals surface area contributed by atoms with Crippen LogP contribution in [-0.2, 0) is 0 Å². The summed E-state index contributed by atoms with van der Waals surface area (Å²) in [5.74, 6) is 0.341. The van der Waals surface area contributed by atoms with Gasteiger partial charge in [0.05, 0.1) is 5.02 Å². The summed E-state index contributed by atoms with van der Waals surface area (Å²) >= 11 is 6.00. The lowest BCUT2D eigenvalue weighted by molar-refractivity contribution is 0.0895. The van der Waals surface area contributed by atoms with Crippen LogP contribution in [0.4, 0.5) is 0 Å². The van der Waals surface area contributed by atoms with Gasteiger partial charge in [0.2, 0.25) is 0 Å². The van der Waals surface area contributed by atoms with Crippen LogP contribution in [0.15, 0.2) is 24.3 Å². The summed E-state index contributed by atoms with van der Waals surface area (Å²) in [7, 11) is 0. The monoisotopic (exact) mass is 303 g/mol. The first-order chi connectivity index (χ1) is 7.29. The van der Waals surface area contributed by atoms with Gasteiger partial charge in [0.25, 0.3) is 0 Å². The van der Waals surface area contributed by atoms with E-state index in [-0.39, 0.29) is 28.7 Å². The van der Waals surface area contributed by atoms with E-state index in [1.54, 1.807) is 6.07 Å². The Morgan fingerprint density at radius 2 is 1.88 bits per heavy atom. The van der Waals surface area contributed by atoms with E-state index in [0.717, 1.165) is 25.9 Å². The minimum absolute atomic E-state index is 0. The lowest BCUT2D eigenvalue weighted by atomic mass is 9.90. The van der Waals surface area contributed by atoms with E-state index in [1.807, 2.05) is 18.2 Å². The second kappa shape index (κ2) is 6.38. The molecule has 1 aromatic rings. The Balaban J connectivity index is 0.00000128. The quantitative estimate of drug-likeness (QED) is 0.851. The largest absolute Gasteiger partial charge is 0.317 e. The Morgan fingerprint density at radius 3 is 2.50 bits per heavy atom. The number of carbonyl (C=O) groups is 1. The molecular formula is C12H15BrClNO. The standard InChI is InChI=1S/C12H14ClNO.BrH/c13-11-4-2-1-3-10(11)12(15)9-5-7-14-8-6-9;/h1-4,9,14H,5-8H2;1H. The topological polar surface area (TPSA) is 29.1 Å². The number of hydrogen-bond donors (Lipinski definition) is 1. The number of Topliss-reactive ketones (excluding diaryl/α,β-unsaturated/α-hetero) is 1. The Bertz CT molecular complexity index is 364. The van der Waals surface area contributed by atoms with Crippen LogP contribution in [0.1, 0.15) is 23.2 Å². The van der Waals surface area contributed by atoms with Gasteiger partial charge in [0.15, 0.2) is 5.78 Å². The van der Waals surface area contributed by atoms with Gasteiger partial charge in [-0.1, -0.05) is 23.7 Å². The molecule has 0 amide bonds. The van der Waals surface area contributed by atoms with E-state index >= 15 is 0 Å². The minimum atomic E-state index is 0. The molecule has 0 bridgehead atoms. The smallest absolute Gasteiger partial charge is 0.167 e. The van der Waals surface area contributed by atoms with Gasteiger partial charge in [0, 0.05) is 11.5 Å². The predicted molar refractivity (Wildman–Crippen MR) is 71.7 cm³/mol. The average Bonchev–Trinajstić information content (AvgIpc) is 2.30.